The Labute approximate surface area is 106 Å². The van der Waals surface area contributed by atoms with Gasteiger partial charge in [-0.2, -0.15) is 0 Å². The molecule has 1 fully saturated rings. The lowest BCUT2D eigenvalue weighted by atomic mass is 9.89. The maximum Gasteiger partial charge on any atom is 0.332 e. The van der Waals surface area contributed by atoms with E-state index in [1.54, 1.807) is 0 Å². The second-order valence-corrected chi connectivity index (χ2v) is 4.86. The van der Waals surface area contributed by atoms with Crippen LogP contribution in [0.5, 0.6) is 0 Å². The van der Waals surface area contributed by atoms with Crippen LogP contribution in [0.2, 0.25) is 0 Å². The molecule has 0 bridgehead atoms. The van der Waals surface area contributed by atoms with Crippen molar-refractivity contribution in [2.45, 2.75) is 45.5 Å². The minimum absolute atomic E-state index is 0.00691. The molecule has 3 N–H and O–H groups in total. The quantitative estimate of drug-likeness (QED) is 0.645. The number of aliphatic hydroxyl groups is 1. The summed E-state index contributed by atoms with van der Waals surface area (Å²) in [5.41, 5.74) is 0. The number of carboxylic acids is 1. The lowest BCUT2D eigenvalue weighted by Crippen LogP contribution is -2.39. The van der Waals surface area contributed by atoms with Gasteiger partial charge in [-0.25, -0.2) is 4.79 Å². The number of carboxylic acid groups (broad SMARTS) is 1. The van der Waals surface area contributed by atoms with Crippen molar-refractivity contribution in [1.82, 2.24) is 5.32 Å². The molecule has 0 aromatic carbocycles. The van der Waals surface area contributed by atoms with Gasteiger partial charge in [-0.05, 0) is 19.8 Å². The number of rotatable bonds is 5. The van der Waals surface area contributed by atoms with Crippen LogP contribution in [0.25, 0.3) is 0 Å². The molecule has 1 aliphatic rings. The van der Waals surface area contributed by atoms with Crippen LogP contribution in [-0.2, 0) is 14.3 Å². The summed E-state index contributed by atoms with van der Waals surface area (Å²) < 4.78 is 5.57. The maximum atomic E-state index is 11.9. The highest BCUT2D eigenvalue weighted by Gasteiger charge is 2.41. The van der Waals surface area contributed by atoms with Gasteiger partial charge in [0.15, 0.2) is 6.10 Å². The van der Waals surface area contributed by atoms with Crippen LogP contribution in [0, 0.1) is 11.8 Å². The van der Waals surface area contributed by atoms with Gasteiger partial charge in [-0.1, -0.05) is 6.92 Å². The van der Waals surface area contributed by atoms with E-state index in [0.29, 0.717) is 0 Å². The molecule has 6 heteroatoms. The summed E-state index contributed by atoms with van der Waals surface area (Å²) >= 11 is 0. The largest absolute Gasteiger partial charge is 0.479 e. The second kappa shape index (κ2) is 6.15. The van der Waals surface area contributed by atoms with E-state index in [2.05, 4.69) is 5.32 Å². The molecular weight excluding hydrogens is 238 g/mol. The van der Waals surface area contributed by atoms with Crippen molar-refractivity contribution in [3.8, 4) is 0 Å². The van der Waals surface area contributed by atoms with E-state index in [1.807, 2.05) is 20.8 Å². The molecule has 6 nitrogen and oxygen atoms in total. The molecule has 18 heavy (non-hydrogen) atoms. The van der Waals surface area contributed by atoms with Crippen molar-refractivity contribution >= 4 is 11.9 Å². The summed E-state index contributed by atoms with van der Waals surface area (Å²) in [7, 11) is 0. The molecule has 1 amide bonds. The fourth-order valence-corrected chi connectivity index (χ4v) is 2.29. The molecule has 0 aromatic rings. The number of nitrogens with one attached hydrogen (secondary N) is 1. The van der Waals surface area contributed by atoms with Crippen LogP contribution in [0.4, 0.5) is 0 Å². The molecule has 1 saturated heterocycles. The molecule has 0 spiro atoms. The monoisotopic (exact) mass is 259 g/mol. The topological polar surface area (TPSA) is 95.9 Å². The summed E-state index contributed by atoms with van der Waals surface area (Å²) in [5.74, 6) is -1.51. The van der Waals surface area contributed by atoms with Crippen molar-refractivity contribution in [3.63, 3.8) is 0 Å². The standard InChI is InChI=1S/C12H21NO5/c1-6-7(2)18-8(3)10(6)11(15)13-5-4-9(14)12(16)17/h6-10,14H,4-5H2,1-3H3,(H,13,15)(H,16,17)/t6?,7?,8?,9-,10?/m0/s1. The molecular formula is C12H21NO5. The molecule has 0 aromatic heterocycles. The highest BCUT2D eigenvalue weighted by molar-refractivity contribution is 5.80. The highest BCUT2D eigenvalue weighted by Crippen LogP contribution is 2.32. The second-order valence-electron chi connectivity index (χ2n) is 4.86. The van der Waals surface area contributed by atoms with Gasteiger partial charge in [0.25, 0.3) is 0 Å². The van der Waals surface area contributed by atoms with E-state index in [4.69, 9.17) is 14.9 Å². The van der Waals surface area contributed by atoms with E-state index < -0.39 is 12.1 Å². The van der Waals surface area contributed by atoms with Gasteiger partial charge in [0.2, 0.25) is 5.91 Å². The number of hydrogen-bond donors (Lipinski definition) is 3. The zero-order chi connectivity index (χ0) is 13.9. The van der Waals surface area contributed by atoms with Crippen molar-refractivity contribution in [2.75, 3.05) is 6.54 Å². The van der Waals surface area contributed by atoms with Gasteiger partial charge in [0.1, 0.15) is 0 Å². The van der Waals surface area contributed by atoms with Gasteiger partial charge in [0.05, 0.1) is 18.1 Å². The van der Waals surface area contributed by atoms with Gasteiger partial charge in [-0.15, -0.1) is 0 Å². The van der Waals surface area contributed by atoms with Crippen LogP contribution >= 0.6 is 0 Å². The molecule has 1 rings (SSSR count). The van der Waals surface area contributed by atoms with E-state index in [0.717, 1.165) is 0 Å². The van der Waals surface area contributed by atoms with Crippen LogP contribution in [0.1, 0.15) is 27.2 Å². The number of amides is 1. The smallest absolute Gasteiger partial charge is 0.332 e. The zero-order valence-electron chi connectivity index (χ0n) is 10.9. The van der Waals surface area contributed by atoms with Crippen molar-refractivity contribution in [2.24, 2.45) is 11.8 Å². The molecule has 1 heterocycles. The minimum atomic E-state index is -1.43. The van der Waals surface area contributed by atoms with Crippen LogP contribution in [0.15, 0.2) is 0 Å². The van der Waals surface area contributed by atoms with Gasteiger partial charge in [-0.3, -0.25) is 4.79 Å². The number of aliphatic hydroxyl groups excluding tert-OH is 1. The van der Waals surface area contributed by atoms with Crippen LogP contribution in [0.3, 0.4) is 0 Å². The summed E-state index contributed by atoms with van der Waals surface area (Å²) in [4.78, 5) is 22.3. The molecule has 4 unspecified atom stereocenters. The zero-order valence-corrected chi connectivity index (χ0v) is 10.9. The van der Waals surface area contributed by atoms with Gasteiger partial charge >= 0.3 is 5.97 Å². The van der Waals surface area contributed by atoms with E-state index in [-0.39, 0.29) is 42.9 Å². The highest BCUT2D eigenvalue weighted by atomic mass is 16.5. The number of carbonyl (C=O) groups is 2. The van der Waals surface area contributed by atoms with Gasteiger partial charge in [0, 0.05) is 13.0 Å². The van der Waals surface area contributed by atoms with E-state index in [1.165, 1.54) is 0 Å². The fourth-order valence-electron chi connectivity index (χ4n) is 2.29. The summed E-state index contributed by atoms with van der Waals surface area (Å²) in [6.07, 6.45) is -1.52. The van der Waals surface area contributed by atoms with Gasteiger partial charge < -0.3 is 20.3 Å². The minimum Gasteiger partial charge on any atom is -0.479 e. The first-order valence-corrected chi connectivity index (χ1v) is 6.18. The molecule has 0 saturated carbocycles. The predicted octanol–water partition coefficient (Wildman–Crippen LogP) is -0.00230. The summed E-state index contributed by atoms with van der Waals surface area (Å²) in [5, 5.41) is 20.2. The molecule has 104 valence electrons. The molecule has 1 aliphatic heterocycles. The van der Waals surface area contributed by atoms with E-state index >= 15 is 0 Å². The molecule has 0 radical (unpaired) electrons. The average molecular weight is 259 g/mol. The Kier molecular flexibility index (Phi) is 5.10. The SMILES string of the molecule is CC1OC(C)C(C(=O)NCC[C@H](O)C(=O)O)C1C. The number of aliphatic carboxylic acids is 1. The maximum absolute atomic E-state index is 11.9. The molecule has 0 aliphatic carbocycles. The Hall–Kier alpha value is -1.14. The number of carbonyl (C=O) groups excluding carboxylic acids is 1. The third kappa shape index (κ3) is 3.43. The molecule has 5 atom stereocenters. The average Bonchev–Trinajstić information content (AvgIpc) is 2.52. The Morgan fingerprint density at radius 2 is 1.89 bits per heavy atom. The Morgan fingerprint density at radius 1 is 1.28 bits per heavy atom. The Bertz CT molecular complexity index is 320. The lowest BCUT2D eigenvalue weighted by molar-refractivity contribution is -0.147. The first kappa shape index (κ1) is 14.9. The van der Waals surface area contributed by atoms with Crippen molar-refractivity contribution in [3.05, 3.63) is 0 Å². The van der Waals surface area contributed by atoms with Crippen LogP contribution in [-0.4, -0.2) is 46.9 Å². The number of ether oxygens (including phenoxy) is 1. The Morgan fingerprint density at radius 3 is 2.33 bits per heavy atom. The normalized spacial score (nSPS) is 33.1. The van der Waals surface area contributed by atoms with Crippen molar-refractivity contribution in [1.29, 1.82) is 0 Å². The predicted molar refractivity (Wildman–Crippen MR) is 63.9 cm³/mol. The first-order valence-electron chi connectivity index (χ1n) is 6.18. The van der Waals surface area contributed by atoms with E-state index in [9.17, 15) is 9.59 Å². The third-order valence-electron chi connectivity index (χ3n) is 3.55. The van der Waals surface area contributed by atoms with Crippen LogP contribution < -0.4 is 5.32 Å². The Balaban J connectivity index is 2.39. The van der Waals surface area contributed by atoms with Crippen molar-refractivity contribution < 1.29 is 24.5 Å². The summed E-state index contributed by atoms with van der Waals surface area (Å²) in [6.45, 7) is 5.90. The fraction of sp³-hybridized carbons (Fsp3) is 0.833. The third-order valence-corrected chi connectivity index (χ3v) is 3.55. The number of hydrogen-bond acceptors (Lipinski definition) is 4. The summed E-state index contributed by atoms with van der Waals surface area (Å²) in [6, 6.07) is 0. The lowest BCUT2D eigenvalue weighted by Gasteiger charge is -2.18. The first-order chi connectivity index (χ1) is 8.34.